The maximum Gasteiger partial charge on any atom is 0.222 e. The number of hydrogen-bond donors (Lipinski definition) is 1. The van der Waals surface area contributed by atoms with E-state index in [0.717, 1.165) is 10.0 Å². The van der Waals surface area contributed by atoms with Gasteiger partial charge in [0.2, 0.25) is 5.91 Å². The molecular formula is C14H20BrNO3. The van der Waals surface area contributed by atoms with Gasteiger partial charge in [-0.05, 0) is 24.1 Å². The first-order valence-electron chi connectivity index (χ1n) is 6.18. The molecule has 0 fully saturated rings. The van der Waals surface area contributed by atoms with Gasteiger partial charge in [0.25, 0.3) is 0 Å². The standard InChI is InChI=1S/C14H20BrNO3/c1-16(9-13(17)10-19-2)14(18)7-6-11-4-3-5-12(15)8-11/h3-5,8,13,17H,6-7,9-10H2,1-2H3. The summed E-state index contributed by atoms with van der Waals surface area (Å²) in [5.41, 5.74) is 1.12. The molecule has 0 aliphatic heterocycles. The molecule has 4 nitrogen and oxygen atoms in total. The van der Waals surface area contributed by atoms with E-state index in [9.17, 15) is 9.90 Å². The Hall–Kier alpha value is -0.910. The van der Waals surface area contributed by atoms with Crippen molar-refractivity contribution in [1.82, 2.24) is 4.90 Å². The molecule has 1 N–H and O–H groups in total. The van der Waals surface area contributed by atoms with Gasteiger partial charge in [-0.15, -0.1) is 0 Å². The SMILES string of the molecule is COCC(O)CN(C)C(=O)CCc1cccc(Br)c1. The predicted octanol–water partition coefficient (Wildman–Crippen LogP) is 1.85. The van der Waals surface area contributed by atoms with Gasteiger partial charge in [-0.2, -0.15) is 0 Å². The van der Waals surface area contributed by atoms with Crippen LogP contribution in [0.15, 0.2) is 28.7 Å². The largest absolute Gasteiger partial charge is 0.389 e. The highest BCUT2D eigenvalue weighted by molar-refractivity contribution is 9.10. The first-order chi connectivity index (χ1) is 9.02. The number of halogens is 1. The minimum atomic E-state index is -0.634. The molecule has 0 aliphatic rings. The van der Waals surface area contributed by atoms with Crippen LogP contribution in [0.1, 0.15) is 12.0 Å². The average Bonchev–Trinajstić information content (AvgIpc) is 2.36. The van der Waals surface area contributed by atoms with Crippen molar-refractivity contribution in [3.63, 3.8) is 0 Å². The number of likely N-dealkylation sites (N-methyl/N-ethyl adjacent to an activating group) is 1. The van der Waals surface area contributed by atoms with Gasteiger partial charge in [0.15, 0.2) is 0 Å². The molecule has 0 aromatic heterocycles. The molecule has 5 heteroatoms. The van der Waals surface area contributed by atoms with Crippen molar-refractivity contribution < 1.29 is 14.6 Å². The second kappa shape index (κ2) is 8.30. The smallest absolute Gasteiger partial charge is 0.222 e. The first kappa shape index (κ1) is 16.1. The van der Waals surface area contributed by atoms with Crippen LogP contribution in [-0.2, 0) is 16.0 Å². The number of benzene rings is 1. The number of aliphatic hydroxyl groups excluding tert-OH is 1. The molecule has 0 saturated heterocycles. The van der Waals surface area contributed by atoms with Crippen molar-refractivity contribution in [3.05, 3.63) is 34.3 Å². The van der Waals surface area contributed by atoms with E-state index in [1.807, 2.05) is 24.3 Å². The Morgan fingerprint density at radius 1 is 1.53 bits per heavy atom. The first-order valence-corrected chi connectivity index (χ1v) is 6.97. The van der Waals surface area contributed by atoms with Gasteiger partial charge in [-0.3, -0.25) is 4.79 Å². The van der Waals surface area contributed by atoms with E-state index in [1.54, 1.807) is 11.9 Å². The van der Waals surface area contributed by atoms with Crippen LogP contribution in [0.4, 0.5) is 0 Å². The number of hydrogen-bond acceptors (Lipinski definition) is 3. The third-order valence-electron chi connectivity index (χ3n) is 2.79. The quantitative estimate of drug-likeness (QED) is 0.830. The number of aryl methyl sites for hydroxylation is 1. The monoisotopic (exact) mass is 329 g/mol. The average molecular weight is 330 g/mol. The fourth-order valence-electron chi connectivity index (χ4n) is 1.80. The van der Waals surface area contributed by atoms with Crippen LogP contribution >= 0.6 is 15.9 Å². The van der Waals surface area contributed by atoms with E-state index in [4.69, 9.17) is 4.74 Å². The fourth-order valence-corrected chi connectivity index (χ4v) is 2.24. The van der Waals surface area contributed by atoms with Crippen molar-refractivity contribution in [2.45, 2.75) is 18.9 Å². The molecular weight excluding hydrogens is 310 g/mol. The number of ether oxygens (including phenoxy) is 1. The third kappa shape index (κ3) is 6.18. The molecule has 1 unspecified atom stereocenters. The lowest BCUT2D eigenvalue weighted by molar-refractivity contribution is -0.131. The molecule has 0 heterocycles. The van der Waals surface area contributed by atoms with Crippen LogP contribution in [0.25, 0.3) is 0 Å². The minimum absolute atomic E-state index is 0.0233. The van der Waals surface area contributed by atoms with E-state index < -0.39 is 6.10 Å². The zero-order valence-corrected chi connectivity index (χ0v) is 12.9. The summed E-state index contributed by atoms with van der Waals surface area (Å²) in [6, 6.07) is 7.92. The van der Waals surface area contributed by atoms with E-state index in [-0.39, 0.29) is 12.5 Å². The van der Waals surface area contributed by atoms with Gasteiger partial charge in [0.1, 0.15) is 0 Å². The highest BCUT2D eigenvalue weighted by atomic mass is 79.9. The minimum Gasteiger partial charge on any atom is -0.389 e. The second-order valence-electron chi connectivity index (χ2n) is 4.51. The second-order valence-corrected chi connectivity index (χ2v) is 5.43. The van der Waals surface area contributed by atoms with Crippen LogP contribution in [0.3, 0.4) is 0 Å². The number of amides is 1. The van der Waals surface area contributed by atoms with Gasteiger partial charge in [-0.25, -0.2) is 0 Å². The Morgan fingerprint density at radius 2 is 2.26 bits per heavy atom. The lowest BCUT2D eigenvalue weighted by Crippen LogP contribution is -2.36. The van der Waals surface area contributed by atoms with Crippen LogP contribution in [0.5, 0.6) is 0 Å². The number of rotatable bonds is 7. The summed E-state index contributed by atoms with van der Waals surface area (Å²) in [5, 5.41) is 9.57. The molecule has 0 saturated carbocycles. The summed E-state index contributed by atoms with van der Waals surface area (Å²) in [6.07, 6.45) is 0.500. The van der Waals surface area contributed by atoms with E-state index in [0.29, 0.717) is 19.4 Å². The Bertz CT molecular complexity index is 411. The van der Waals surface area contributed by atoms with Gasteiger partial charge in [0.05, 0.1) is 12.7 Å². The van der Waals surface area contributed by atoms with Gasteiger partial charge in [-0.1, -0.05) is 28.1 Å². The van der Waals surface area contributed by atoms with Crippen molar-refractivity contribution in [2.24, 2.45) is 0 Å². The number of carbonyl (C=O) groups is 1. The van der Waals surface area contributed by atoms with Crippen LogP contribution in [-0.4, -0.2) is 49.3 Å². The van der Waals surface area contributed by atoms with E-state index in [2.05, 4.69) is 15.9 Å². The Labute approximate surface area is 122 Å². The van der Waals surface area contributed by atoms with Crippen molar-refractivity contribution in [1.29, 1.82) is 0 Å². The van der Waals surface area contributed by atoms with Crippen LogP contribution in [0, 0.1) is 0 Å². The molecule has 106 valence electrons. The molecule has 0 bridgehead atoms. The lowest BCUT2D eigenvalue weighted by atomic mass is 10.1. The Morgan fingerprint density at radius 3 is 2.89 bits per heavy atom. The van der Waals surface area contributed by atoms with Crippen LogP contribution < -0.4 is 0 Å². The molecule has 1 amide bonds. The molecule has 1 atom stereocenters. The summed E-state index contributed by atoms with van der Waals surface area (Å²) in [7, 11) is 3.22. The molecule has 19 heavy (non-hydrogen) atoms. The molecule has 0 spiro atoms. The number of aliphatic hydroxyl groups is 1. The highest BCUT2D eigenvalue weighted by Crippen LogP contribution is 2.13. The summed E-state index contributed by atoms with van der Waals surface area (Å²) in [4.78, 5) is 13.4. The highest BCUT2D eigenvalue weighted by Gasteiger charge is 2.13. The summed E-state index contributed by atoms with van der Waals surface area (Å²) in [5.74, 6) is 0.0233. The maximum atomic E-state index is 11.9. The topological polar surface area (TPSA) is 49.8 Å². The van der Waals surface area contributed by atoms with E-state index in [1.165, 1.54) is 7.11 Å². The summed E-state index contributed by atoms with van der Waals surface area (Å²) in [6.45, 7) is 0.536. The zero-order valence-electron chi connectivity index (χ0n) is 11.3. The molecule has 1 aromatic carbocycles. The summed E-state index contributed by atoms with van der Waals surface area (Å²) >= 11 is 3.41. The Kier molecular flexibility index (Phi) is 7.05. The zero-order chi connectivity index (χ0) is 14.3. The van der Waals surface area contributed by atoms with Gasteiger partial charge in [0, 0.05) is 31.6 Å². The van der Waals surface area contributed by atoms with Crippen molar-refractivity contribution in [2.75, 3.05) is 27.3 Å². The number of nitrogens with zero attached hydrogens (tertiary/aromatic N) is 1. The lowest BCUT2D eigenvalue weighted by Gasteiger charge is -2.20. The summed E-state index contributed by atoms with van der Waals surface area (Å²) < 4.78 is 5.85. The van der Waals surface area contributed by atoms with E-state index >= 15 is 0 Å². The Balaban J connectivity index is 2.38. The third-order valence-corrected chi connectivity index (χ3v) is 3.28. The maximum absolute atomic E-state index is 11.9. The van der Waals surface area contributed by atoms with Crippen LogP contribution in [0.2, 0.25) is 0 Å². The normalized spacial score (nSPS) is 12.2. The molecule has 0 aliphatic carbocycles. The fraction of sp³-hybridized carbons (Fsp3) is 0.500. The van der Waals surface area contributed by atoms with Gasteiger partial charge >= 0.3 is 0 Å². The molecule has 1 rings (SSSR count). The van der Waals surface area contributed by atoms with Crippen molar-refractivity contribution in [3.8, 4) is 0 Å². The molecule has 1 aromatic rings. The predicted molar refractivity (Wildman–Crippen MR) is 78.0 cm³/mol. The molecule has 0 radical (unpaired) electrons. The number of carbonyl (C=O) groups excluding carboxylic acids is 1. The van der Waals surface area contributed by atoms with Gasteiger partial charge < -0.3 is 14.7 Å². The number of methoxy groups -OCH3 is 1. The van der Waals surface area contributed by atoms with Crippen molar-refractivity contribution >= 4 is 21.8 Å².